The smallest absolute Gasteiger partial charge is 0.125 e. The summed E-state index contributed by atoms with van der Waals surface area (Å²) in [6.45, 7) is 4.20. The van der Waals surface area contributed by atoms with Crippen LogP contribution in [0.15, 0.2) is 12.1 Å². The maximum absolute atomic E-state index is 6.23. The summed E-state index contributed by atoms with van der Waals surface area (Å²) < 4.78 is 5.79. The predicted octanol–water partition coefficient (Wildman–Crippen LogP) is 4.38. The van der Waals surface area contributed by atoms with Crippen LogP contribution in [0.4, 0.5) is 0 Å². The highest BCUT2D eigenvalue weighted by Crippen LogP contribution is 2.36. The second-order valence-electron chi connectivity index (χ2n) is 6.44. The molecule has 1 fully saturated rings. The summed E-state index contributed by atoms with van der Waals surface area (Å²) in [7, 11) is 0. The number of fused-ring (bicyclic) bond motifs is 1. The molecular weight excluding hydrogens is 282 g/mol. The van der Waals surface area contributed by atoms with Crippen molar-refractivity contribution in [3.63, 3.8) is 0 Å². The van der Waals surface area contributed by atoms with Gasteiger partial charge in [0.25, 0.3) is 0 Å². The molecule has 3 rings (SSSR count). The third-order valence-corrected chi connectivity index (χ3v) is 4.85. The van der Waals surface area contributed by atoms with Crippen LogP contribution >= 0.6 is 11.6 Å². The average Bonchev–Trinajstić information content (AvgIpc) is 3.20. The Kier molecular flexibility index (Phi) is 5.07. The topological polar surface area (TPSA) is 21.3 Å². The lowest BCUT2D eigenvalue weighted by Gasteiger charge is -2.18. The van der Waals surface area contributed by atoms with Crippen LogP contribution in [0.25, 0.3) is 0 Å². The van der Waals surface area contributed by atoms with E-state index in [0.29, 0.717) is 0 Å². The first-order valence-electron chi connectivity index (χ1n) is 8.45. The molecule has 1 unspecified atom stereocenters. The van der Waals surface area contributed by atoms with Gasteiger partial charge in [-0.2, -0.15) is 0 Å². The number of nitrogens with one attached hydrogen (secondary N) is 1. The zero-order chi connectivity index (χ0) is 14.7. The molecule has 0 amide bonds. The van der Waals surface area contributed by atoms with E-state index < -0.39 is 0 Å². The molecule has 1 N–H and O–H groups in total. The molecule has 1 atom stereocenters. The first-order valence-corrected chi connectivity index (χ1v) is 8.83. The number of halogens is 1. The molecule has 2 nitrogen and oxygen atoms in total. The predicted molar refractivity (Wildman–Crippen MR) is 88.4 cm³/mol. The quantitative estimate of drug-likeness (QED) is 0.769. The van der Waals surface area contributed by atoms with Gasteiger partial charge in [0.05, 0.1) is 6.61 Å². The Bertz CT molecular complexity index is 484. The van der Waals surface area contributed by atoms with Gasteiger partial charge in [-0.1, -0.05) is 18.5 Å². The van der Waals surface area contributed by atoms with Crippen LogP contribution in [-0.2, 0) is 12.8 Å². The van der Waals surface area contributed by atoms with E-state index in [1.54, 1.807) is 0 Å². The summed E-state index contributed by atoms with van der Waals surface area (Å²) in [5, 5.41) is 4.58. The van der Waals surface area contributed by atoms with E-state index in [1.165, 1.54) is 43.2 Å². The van der Waals surface area contributed by atoms with Crippen LogP contribution in [0.1, 0.15) is 50.2 Å². The Morgan fingerprint density at radius 1 is 1.38 bits per heavy atom. The standard InChI is InChI=1S/C18H26ClNO/c1-2-9-20-17(13-6-7-13)5-3-4-14-11-16(19)12-15-8-10-21-18(14)15/h11-13,17,20H,2-10H2,1H3. The fourth-order valence-corrected chi connectivity index (χ4v) is 3.64. The van der Waals surface area contributed by atoms with Crippen molar-refractivity contribution in [3.8, 4) is 5.75 Å². The molecule has 3 heteroatoms. The molecule has 1 saturated carbocycles. The van der Waals surface area contributed by atoms with E-state index in [9.17, 15) is 0 Å². The summed E-state index contributed by atoms with van der Waals surface area (Å²) in [5.74, 6) is 2.04. The van der Waals surface area contributed by atoms with E-state index in [-0.39, 0.29) is 0 Å². The van der Waals surface area contributed by atoms with Crippen LogP contribution in [0, 0.1) is 5.92 Å². The van der Waals surface area contributed by atoms with Crippen molar-refractivity contribution in [1.29, 1.82) is 0 Å². The second-order valence-corrected chi connectivity index (χ2v) is 6.88. The number of aryl methyl sites for hydroxylation is 1. The molecular formula is C18H26ClNO. The van der Waals surface area contributed by atoms with Gasteiger partial charge in [0.15, 0.2) is 0 Å². The number of rotatable bonds is 8. The lowest BCUT2D eigenvalue weighted by molar-refractivity contribution is 0.352. The van der Waals surface area contributed by atoms with Gasteiger partial charge >= 0.3 is 0 Å². The molecule has 1 aliphatic carbocycles. The summed E-state index contributed by atoms with van der Waals surface area (Å²) in [5.41, 5.74) is 2.60. The largest absolute Gasteiger partial charge is 0.493 e. The lowest BCUT2D eigenvalue weighted by Crippen LogP contribution is -2.31. The Morgan fingerprint density at radius 3 is 3.00 bits per heavy atom. The zero-order valence-electron chi connectivity index (χ0n) is 13.0. The molecule has 1 aromatic carbocycles. The third kappa shape index (κ3) is 3.92. The Morgan fingerprint density at radius 2 is 2.24 bits per heavy atom. The maximum atomic E-state index is 6.23. The van der Waals surface area contributed by atoms with Crippen molar-refractivity contribution in [2.45, 2.75) is 57.9 Å². The highest BCUT2D eigenvalue weighted by Gasteiger charge is 2.30. The van der Waals surface area contributed by atoms with E-state index in [2.05, 4.69) is 24.4 Å². The molecule has 1 heterocycles. The summed E-state index contributed by atoms with van der Waals surface area (Å²) in [6, 6.07) is 4.87. The molecule has 0 radical (unpaired) electrons. The number of hydrogen-bond acceptors (Lipinski definition) is 2. The first-order chi connectivity index (χ1) is 10.3. The zero-order valence-corrected chi connectivity index (χ0v) is 13.7. The van der Waals surface area contributed by atoms with Gasteiger partial charge in [-0.3, -0.25) is 0 Å². The molecule has 116 valence electrons. The minimum Gasteiger partial charge on any atom is -0.493 e. The van der Waals surface area contributed by atoms with Gasteiger partial charge in [0.1, 0.15) is 5.75 Å². The summed E-state index contributed by atoms with van der Waals surface area (Å²) >= 11 is 6.23. The SMILES string of the molecule is CCCNC(CCCc1cc(Cl)cc2c1OCC2)C1CC1. The minimum atomic E-state index is 0.720. The van der Waals surface area contributed by atoms with E-state index in [4.69, 9.17) is 16.3 Å². The molecule has 0 spiro atoms. The van der Waals surface area contributed by atoms with Gasteiger partial charge in [0.2, 0.25) is 0 Å². The Hall–Kier alpha value is -0.730. The molecule has 0 bridgehead atoms. The lowest BCUT2D eigenvalue weighted by atomic mass is 9.99. The highest BCUT2D eigenvalue weighted by atomic mass is 35.5. The Balaban J connectivity index is 1.55. The van der Waals surface area contributed by atoms with Crippen LogP contribution in [-0.4, -0.2) is 19.2 Å². The fourth-order valence-electron chi connectivity index (χ4n) is 3.38. The van der Waals surface area contributed by atoms with Crippen LogP contribution in [0.3, 0.4) is 0 Å². The van der Waals surface area contributed by atoms with Crippen LogP contribution in [0.2, 0.25) is 5.02 Å². The molecule has 1 aliphatic heterocycles. The van der Waals surface area contributed by atoms with E-state index in [1.807, 2.05) is 0 Å². The number of hydrogen-bond donors (Lipinski definition) is 1. The first kappa shape index (κ1) is 15.2. The minimum absolute atomic E-state index is 0.720. The van der Waals surface area contributed by atoms with E-state index >= 15 is 0 Å². The van der Waals surface area contributed by atoms with Crippen molar-refractivity contribution in [2.24, 2.45) is 5.92 Å². The van der Waals surface area contributed by atoms with Crippen LogP contribution in [0.5, 0.6) is 5.75 Å². The summed E-state index contributed by atoms with van der Waals surface area (Å²) in [6.07, 6.45) is 8.62. The Labute approximate surface area is 133 Å². The van der Waals surface area contributed by atoms with Gasteiger partial charge in [0, 0.05) is 17.5 Å². The molecule has 0 saturated heterocycles. The van der Waals surface area contributed by atoms with Crippen molar-refractivity contribution in [2.75, 3.05) is 13.2 Å². The highest BCUT2D eigenvalue weighted by molar-refractivity contribution is 6.30. The van der Waals surface area contributed by atoms with Gasteiger partial charge in [-0.15, -0.1) is 0 Å². The van der Waals surface area contributed by atoms with Crippen molar-refractivity contribution < 1.29 is 4.74 Å². The van der Waals surface area contributed by atoms with Crippen LogP contribution < -0.4 is 10.1 Å². The summed E-state index contributed by atoms with van der Waals surface area (Å²) in [4.78, 5) is 0. The molecule has 0 aromatic heterocycles. The number of ether oxygens (including phenoxy) is 1. The average molecular weight is 308 g/mol. The van der Waals surface area contributed by atoms with Crippen molar-refractivity contribution in [3.05, 3.63) is 28.3 Å². The van der Waals surface area contributed by atoms with Gasteiger partial charge < -0.3 is 10.1 Å². The van der Waals surface area contributed by atoms with Gasteiger partial charge in [-0.05, 0) is 74.2 Å². The van der Waals surface area contributed by atoms with Gasteiger partial charge in [-0.25, -0.2) is 0 Å². The second kappa shape index (κ2) is 7.02. The molecule has 1 aromatic rings. The van der Waals surface area contributed by atoms with E-state index in [0.717, 1.165) is 48.7 Å². The molecule has 2 aliphatic rings. The maximum Gasteiger partial charge on any atom is 0.125 e. The fraction of sp³-hybridized carbons (Fsp3) is 0.667. The van der Waals surface area contributed by atoms with Crippen molar-refractivity contribution >= 4 is 11.6 Å². The monoisotopic (exact) mass is 307 g/mol. The van der Waals surface area contributed by atoms with Crippen molar-refractivity contribution in [1.82, 2.24) is 5.32 Å². The third-order valence-electron chi connectivity index (χ3n) is 4.63. The molecule has 21 heavy (non-hydrogen) atoms. The normalized spacial score (nSPS) is 18.4. The number of benzene rings is 1.